The zero-order valence-electron chi connectivity index (χ0n) is 11.4. The van der Waals surface area contributed by atoms with Gasteiger partial charge >= 0.3 is 5.97 Å². The maximum atomic E-state index is 11.9. The summed E-state index contributed by atoms with van der Waals surface area (Å²) in [6, 6.07) is 8.22. The number of benzene rings is 1. The molecule has 1 aliphatic carbocycles. The number of likely N-dealkylation sites (N-methyl/N-ethyl adjacent to an activating group) is 1. The van der Waals surface area contributed by atoms with Gasteiger partial charge in [-0.25, -0.2) is 0 Å². The van der Waals surface area contributed by atoms with Crippen LogP contribution in [0, 0.1) is 0 Å². The van der Waals surface area contributed by atoms with Gasteiger partial charge in [0.2, 0.25) is 0 Å². The minimum absolute atomic E-state index is 0.512. The zero-order valence-corrected chi connectivity index (χ0v) is 11.4. The second-order valence-corrected chi connectivity index (χ2v) is 6.10. The molecule has 3 rings (SSSR count). The zero-order chi connectivity index (χ0) is 13.5. The molecule has 1 aliphatic heterocycles. The van der Waals surface area contributed by atoms with Crippen LogP contribution in [-0.4, -0.2) is 36.1 Å². The molecule has 0 radical (unpaired) electrons. The summed E-state index contributed by atoms with van der Waals surface area (Å²) in [4.78, 5) is 14.1. The van der Waals surface area contributed by atoms with Crippen molar-refractivity contribution in [3.63, 3.8) is 0 Å². The van der Waals surface area contributed by atoms with Gasteiger partial charge in [-0.15, -0.1) is 0 Å². The van der Waals surface area contributed by atoms with E-state index >= 15 is 0 Å². The van der Waals surface area contributed by atoms with Crippen molar-refractivity contribution in [2.24, 2.45) is 0 Å². The highest BCUT2D eigenvalue weighted by molar-refractivity contribution is 5.82. The Kier molecular flexibility index (Phi) is 3.09. The smallest absolute Gasteiger partial charge is 0.314 e. The van der Waals surface area contributed by atoms with Crippen LogP contribution in [-0.2, 0) is 10.2 Å². The molecule has 0 amide bonds. The van der Waals surface area contributed by atoms with Crippen LogP contribution in [0.2, 0.25) is 0 Å². The van der Waals surface area contributed by atoms with E-state index in [1.165, 1.54) is 5.56 Å². The van der Waals surface area contributed by atoms with Crippen LogP contribution in [0.4, 0.5) is 0 Å². The fourth-order valence-electron chi connectivity index (χ4n) is 3.76. The molecule has 0 spiro atoms. The number of carbonyl (C=O) groups is 1. The molecule has 1 aromatic carbocycles. The molecule has 1 aromatic rings. The maximum absolute atomic E-state index is 11.9. The van der Waals surface area contributed by atoms with E-state index in [-0.39, 0.29) is 0 Å². The molecule has 2 aliphatic rings. The number of hydrogen-bond donors (Lipinski definition) is 1. The fourth-order valence-corrected chi connectivity index (χ4v) is 3.76. The highest BCUT2D eigenvalue weighted by Gasteiger charge is 2.45. The van der Waals surface area contributed by atoms with E-state index in [4.69, 9.17) is 0 Å². The minimum Gasteiger partial charge on any atom is -0.481 e. The van der Waals surface area contributed by atoms with Gasteiger partial charge in [0.15, 0.2) is 0 Å². The molecular formula is C16H21NO2. The normalized spacial score (nSPS) is 23.2. The van der Waals surface area contributed by atoms with Gasteiger partial charge in [0.1, 0.15) is 0 Å². The molecule has 0 unspecified atom stereocenters. The van der Waals surface area contributed by atoms with Crippen LogP contribution in [0.5, 0.6) is 0 Å². The van der Waals surface area contributed by atoms with Gasteiger partial charge in [-0.05, 0) is 31.0 Å². The Labute approximate surface area is 114 Å². The molecule has 3 heteroatoms. The molecule has 1 saturated carbocycles. The van der Waals surface area contributed by atoms with Crippen LogP contribution in [0.3, 0.4) is 0 Å². The third kappa shape index (κ3) is 1.96. The molecule has 19 heavy (non-hydrogen) atoms. The summed E-state index contributed by atoms with van der Waals surface area (Å²) in [5.74, 6) is -0.122. The van der Waals surface area contributed by atoms with Crippen LogP contribution < -0.4 is 0 Å². The van der Waals surface area contributed by atoms with Crippen molar-refractivity contribution in [2.75, 3.05) is 20.1 Å². The maximum Gasteiger partial charge on any atom is 0.314 e. The minimum atomic E-state index is -0.634. The lowest BCUT2D eigenvalue weighted by Gasteiger charge is -2.39. The van der Waals surface area contributed by atoms with Gasteiger partial charge in [-0.1, -0.05) is 37.1 Å². The summed E-state index contributed by atoms with van der Waals surface area (Å²) < 4.78 is 0. The molecular weight excluding hydrogens is 238 g/mol. The van der Waals surface area contributed by atoms with E-state index in [0.29, 0.717) is 5.92 Å². The van der Waals surface area contributed by atoms with Crippen LogP contribution in [0.1, 0.15) is 42.7 Å². The number of hydrogen-bond acceptors (Lipinski definition) is 2. The summed E-state index contributed by atoms with van der Waals surface area (Å²) in [6.45, 7) is 2.10. The van der Waals surface area contributed by atoms with Gasteiger partial charge in [0.05, 0.1) is 5.41 Å². The van der Waals surface area contributed by atoms with Gasteiger partial charge in [0, 0.05) is 19.0 Å². The molecule has 0 bridgehead atoms. The first-order valence-electron chi connectivity index (χ1n) is 7.15. The van der Waals surface area contributed by atoms with Crippen molar-refractivity contribution >= 4 is 5.97 Å². The fraction of sp³-hybridized carbons (Fsp3) is 0.562. The molecule has 0 atom stereocenters. The molecule has 2 fully saturated rings. The average Bonchev–Trinajstić information content (AvgIpc) is 2.85. The topological polar surface area (TPSA) is 40.5 Å². The van der Waals surface area contributed by atoms with E-state index in [0.717, 1.165) is 44.3 Å². The Morgan fingerprint density at radius 3 is 2.47 bits per heavy atom. The molecule has 0 aromatic heterocycles. The summed E-state index contributed by atoms with van der Waals surface area (Å²) in [6.07, 6.45) is 3.65. The molecule has 1 saturated heterocycles. The van der Waals surface area contributed by atoms with E-state index < -0.39 is 11.4 Å². The van der Waals surface area contributed by atoms with Crippen LogP contribution >= 0.6 is 0 Å². The number of aliphatic carboxylic acids is 1. The van der Waals surface area contributed by atoms with Gasteiger partial charge in [0.25, 0.3) is 0 Å². The van der Waals surface area contributed by atoms with Crippen molar-refractivity contribution < 1.29 is 9.90 Å². The lowest BCUT2D eigenvalue weighted by atomic mass is 9.73. The van der Waals surface area contributed by atoms with Crippen molar-refractivity contribution in [1.82, 2.24) is 4.90 Å². The Morgan fingerprint density at radius 1 is 1.26 bits per heavy atom. The highest BCUT2D eigenvalue weighted by atomic mass is 16.4. The lowest BCUT2D eigenvalue weighted by molar-refractivity contribution is -0.143. The predicted octanol–water partition coefficient (Wildman–Crippen LogP) is 2.61. The van der Waals surface area contributed by atoms with Gasteiger partial charge in [-0.2, -0.15) is 0 Å². The summed E-state index contributed by atoms with van der Waals surface area (Å²) >= 11 is 0. The summed E-state index contributed by atoms with van der Waals surface area (Å²) in [5, 5.41) is 9.76. The second kappa shape index (κ2) is 4.64. The van der Waals surface area contributed by atoms with Crippen molar-refractivity contribution in [3.8, 4) is 0 Å². The SMILES string of the molecule is CN1CC(c2ccccc2C2(C(=O)O)CCCC2)C1. The Hall–Kier alpha value is -1.35. The monoisotopic (exact) mass is 259 g/mol. The number of nitrogens with zero attached hydrogens (tertiary/aromatic N) is 1. The highest BCUT2D eigenvalue weighted by Crippen LogP contribution is 2.45. The molecule has 3 nitrogen and oxygen atoms in total. The number of carboxylic acids is 1. The standard InChI is InChI=1S/C16H21NO2/c1-17-10-12(11-17)13-6-2-3-7-14(13)16(15(18)19)8-4-5-9-16/h2-3,6-7,12H,4-5,8-11H2,1H3,(H,18,19). The quantitative estimate of drug-likeness (QED) is 0.907. The van der Waals surface area contributed by atoms with E-state index in [1.54, 1.807) is 0 Å². The Morgan fingerprint density at radius 2 is 1.89 bits per heavy atom. The Bertz CT molecular complexity index is 485. The van der Waals surface area contributed by atoms with Gasteiger partial charge in [-0.3, -0.25) is 4.79 Å². The van der Waals surface area contributed by atoms with Crippen molar-refractivity contribution in [3.05, 3.63) is 35.4 Å². The largest absolute Gasteiger partial charge is 0.481 e. The number of likely N-dealkylation sites (tertiary alicyclic amines) is 1. The molecule has 102 valence electrons. The van der Waals surface area contributed by atoms with E-state index in [1.807, 2.05) is 18.2 Å². The lowest BCUT2D eigenvalue weighted by Crippen LogP contribution is -2.43. The van der Waals surface area contributed by atoms with E-state index in [9.17, 15) is 9.90 Å². The number of carboxylic acid groups (broad SMARTS) is 1. The van der Waals surface area contributed by atoms with Crippen molar-refractivity contribution in [1.29, 1.82) is 0 Å². The van der Waals surface area contributed by atoms with Gasteiger partial charge < -0.3 is 10.0 Å². The third-order valence-corrected chi connectivity index (χ3v) is 4.85. The predicted molar refractivity (Wildman–Crippen MR) is 74.5 cm³/mol. The van der Waals surface area contributed by atoms with Crippen LogP contribution in [0.25, 0.3) is 0 Å². The number of rotatable bonds is 3. The first kappa shape index (κ1) is 12.7. The first-order valence-corrected chi connectivity index (χ1v) is 7.15. The third-order valence-electron chi connectivity index (χ3n) is 4.85. The van der Waals surface area contributed by atoms with Crippen molar-refractivity contribution in [2.45, 2.75) is 37.0 Å². The summed E-state index contributed by atoms with van der Waals surface area (Å²) in [7, 11) is 2.11. The van der Waals surface area contributed by atoms with E-state index in [2.05, 4.69) is 18.0 Å². The average molecular weight is 259 g/mol. The molecule has 1 heterocycles. The summed E-state index contributed by atoms with van der Waals surface area (Å²) in [5.41, 5.74) is 1.73. The second-order valence-electron chi connectivity index (χ2n) is 6.10. The van der Waals surface area contributed by atoms with Crippen LogP contribution in [0.15, 0.2) is 24.3 Å². The molecule has 1 N–H and O–H groups in total. The first-order chi connectivity index (χ1) is 9.13. The Balaban J connectivity index is 2.02.